The highest BCUT2D eigenvalue weighted by Gasteiger charge is 2.13. The van der Waals surface area contributed by atoms with Gasteiger partial charge < -0.3 is 16.2 Å². The largest absolute Gasteiger partial charge is 0.394 e. The molecule has 1 heterocycles. The molecule has 0 radical (unpaired) electrons. The summed E-state index contributed by atoms with van der Waals surface area (Å²) in [6, 6.07) is 10.7. The summed E-state index contributed by atoms with van der Waals surface area (Å²) >= 11 is 0. The van der Waals surface area contributed by atoms with E-state index in [4.69, 9.17) is 10.8 Å². The Morgan fingerprint density at radius 1 is 1.19 bits per heavy atom. The van der Waals surface area contributed by atoms with Gasteiger partial charge in [0.25, 0.3) is 0 Å². The van der Waals surface area contributed by atoms with Crippen molar-refractivity contribution in [3.05, 3.63) is 35.9 Å². The maximum absolute atomic E-state index is 8.72. The lowest BCUT2D eigenvalue weighted by molar-refractivity contribution is 0.190. The quantitative estimate of drug-likeness (QED) is 0.745. The molecule has 0 saturated carbocycles. The molecule has 0 amide bonds. The zero-order valence-corrected chi connectivity index (χ0v) is 13.5. The molecule has 0 aliphatic carbocycles. The lowest BCUT2D eigenvalue weighted by atomic mass is 10.1. The van der Waals surface area contributed by atoms with Crippen LogP contribution in [0.1, 0.15) is 32.3 Å². The average molecular weight is 293 g/mol. The zero-order valence-electron chi connectivity index (χ0n) is 13.5. The first kappa shape index (κ1) is 18.1. The van der Waals surface area contributed by atoms with Gasteiger partial charge in [0, 0.05) is 25.2 Å². The topological polar surface area (TPSA) is 61.5 Å². The number of aliphatic hydroxyl groups is 1. The van der Waals surface area contributed by atoms with Gasteiger partial charge in [0.05, 0.1) is 6.61 Å². The van der Waals surface area contributed by atoms with E-state index in [-0.39, 0.29) is 12.1 Å². The van der Waals surface area contributed by atoms with Crippen molar-refractivity contribution in [2.75, 3.05) is 32.8 Å². The van der Waals surface area contributed by atoms with E-state index >= 15 is 0 Å². The molecule has 0 aromatic heterocycles. The predicted octanol–water partition coefficient (Wildman–Crippen LogP) is 1.59. The van der Waals surface area contributed by atoms with E-state index in [1.807, 2.05) is 13.8 Å². The molecule has 1 saturated heterocycles. The van der Waals surface area contributed by atoms with Gasteiger partial charge in [-0.15, -0.1) is 0 Å². The standard InChI is InChI=1S/C11H15N.C6H16N2O/c1-2-6-11(7-3-1)10-12-8-4-5-9-12;1-6(2,5-9)8-4-3-7/h1-3,6-7H,4-5,8-10H2;8-9H,3-5,7H2,1-2H3. The van der Waals surface area contributed by atoms with Gasteiger partial charge in [0.2, 0.25) is 0 Å². The van der Waals surface area contributed by atoms with E-state index in [1.165, 1.54) is 31.5 Å². The van der Waals surface area contributed by atoms with Crippen LogP contribution in [0.2, 0.25) is 0 Å². The van der Waals surface area contributed by atoms with Crippen molar-refractivity contribution in [3.63, 3.8) is 0 Å². The number of nitrogens with zero attached hydrogens (tertiary/aromatic N) is 1. The van der Waals surface area contributed by atoms with Crippen LogP contribution in [0, 0.1) is 0 Å². The fraction of sp³-hybridized carbons (Fsp3) is 0.647. The monoisotopic (exact) mass is 293 g/mol. The van der Waals surface area contributed by atoms with Gasteiger partial charge in [0.1, 0.15) is 0 Å². The molecule has 21 heavy (non-hydrogen) atoms. The Morgan fingerprint density at radius 2 is 1.81 bits per heavy atom. The molecule has 1 aliphatic rings. The van der Waals surface area contributed by atoms with Gasteiger partial charge in [-0.25, -0.2) is 0 Å². The number of likely N-dealkylation sites (tertiary alicyclic amines) is 1. The first-order chi connectivity index (χ1) is 10.1. The van der Waals surface area contributed by atoms with Crippen LogP contribution in [0.5, 0.6) is 0 Å². The Kier molecular flexibility index (Phi) is 8.54. The minimum Gasteiger partial charge on any atom is -0.394 e. The summed E-state index contributed by atoms with van der Waals surface area (Å²) in [5, 5.41) is 11.8. The number of nitrogens with two attached hydrogens (primary N) is 1. The molecular formula is C17H31N3O. The third kappa shape index (κ3) is 8.17. The van der Waals surface area contributed by atoms with E-state index in [0.29, 0.717) is 6.54 Å². The zero-order chi connectivity index (χ0) is 15.6. The molecule has 1 aromatic rings. The van der Waals surface area contributed by atoms with Crippen LogP contribution in [-0.4, -0.2) is 48.3 Å². The fourth-order valence-electron chi connectivity index (χ4n) is 2.25. The van der Waals surface area contributed by atoms with Crippen molar-refractivity contribution < 1.29 is 5.11 Å². The van der Waals surface area contributed by atoms with Gasteiger partial charge in [-0.3, -0.25) is 4.90 Å². The van der Waals surface area contributed by atoms with Crippen LogP contribution < -0.4 is 11.1 Å². The highest BCUT2D eigenvalue weighted by molar-refractivity contribution is 5.14. The molecule has 2 rings (SSSR count). The fourth-order valence-corrected chi connectivity index (χ4v) is 2.25. The number of hydrogen-bond acceptors (Lipinski definition) is 4. The second-order valence-electron chi connectivity index (χ2n) is 6.23. The van der Waals surface area contributed by atoms with Crippen LogP contribution in [0.15, 0.2) is 30.3 Å². The van der Waals surface area contributed by atoms with Crippen molar-refractivity contribution in [2.45, 2.75) is 38.8 Å². The van der Waals surface area contributed by atoms with E-state index in [2.05, 4.69) is 40.5 Å². The van der Waals surface area contributed by atoms with Crippen molar-refractivity contribution in [2.24, 2.45) is 5.73 Å². The molecule has 0 bridgehead atoms. The third-order valence-electron chi connectivity index (χ3n) is 3.59. The Balaban J connectivity index is 0.000000222. The first-order valence-electron chi connectivity index (χ1n) is 7.89. The number of aliphatic hydroxyl groups excluding tert-OH is 1. The van der Waals surface area contributed by atoms with Crippen molar-refractivity contribution in [3.8, 4) is 0 Å². The maximum atomic E-state index is 8.72. The van der Waals surface area contributed by atoms with E-state index in [0.717, 1.165) is 13.1 Å². The summed E-state index contributed by atoms with van der Waals surface area (Å²) in [4.78, 5) is 2.52. The minimum absolute atomic E-state index is 0.146. The Morgan fingerprint density at radius 3 is 2.33 bits per heavy atom. The second-order valence-corrected chi connectivity index (χ2v) is 6.23. The highest BCUT2D eigenvalue weighted by Crippen LogP contribution is 2.11. The summed E-state index contributed by atoms with van der Waals surface area (Å²) in [6.45, 7) is 9.10. The lowest BCUT2D eigenvalue weighted by Crippen LogP contribution is -2.44. The molecule has 120 valence electrons. The molecular weight excluding hydrogens is 262 g/mol. The van der Waals surface area contributed by atoms with Crippen LogP contribution in [0.3, 0.4) is 0 Å². The summed E-state index contributed by atoms with van der Waals surface area (Å²) in [7, 11) is 0. The van der Waals surface area contributed by atoms with Crippen molar-refractivity contribution >= 4 is 0 Å². The van der Waals surface area contributed by atoms with Crippen molar-refractivity contribution in [1.29, 1.82) is 0 Å². The van der Waals surface area contributed by atoms with Crippen LogP contribution in [0.4, 0.5) is 0 Å². The normalized spacial score (nSPS) is 15.6. The minimum atomic E-state index is -0.181. The number of rotatable bonds is 6. The van der Waals surface area contributed by atoms with Crippen LogP contribution in [0.25, 0.3) is 0 Å². The molecule has 1 aromatic carbocycles. The number of nitrogens with one attached hydrogen (secondary N) is 1. The van der Waals surface area contributed by atoms with Gasteiger partial charge in [-0.1, -0.05) is 30.3 Å². The number of hydrogen-bond donors (Lipinski definition) is 3. The van der Waals surface area contributed by atoms with E-state index < -0.39 is 0 Å². The number of benzene rings is 1. The molecule has 4 N–H and O–H groups in total. The van der Waals surface area contributed by atoms with Gasteiger partial charge in [-0.05, 0) is 45.3 Å². The van der Waals surface area contributed by atoms with Crippen LogP contribution >= 0.6 is 0 Å². The Labute approximate surface area is 129 Å². The summed E-state index contributed by atoms with van der Waals surface area (Å²) < 4.78 is 0. The second kappa shape index (κ2) is 9.90. The SMILES string of the molecule is CC(C)(CO)NCCN.c1ccc(CN2CCCC2)cc1. The van der Waals surface area contributed by atoms with Gasteiger partial charge >= 0.3 is 0 Å². The molecule has 4 heteroatoms. The summed E-state index contributed by atoms with van der Waals surface area (Å²) in [5.41, 5.74) is 6.51. The smallest absolute Gasteiger partial charge is 0.0607 e. The molecule has 0 spiro atoms. The maximum Gasteiger partial charge on any atom is 0.0607 e. The molecule has 4 nitrogen and oxygen atoms in total. The Hall–Kier alpha value is -0.940. The van der Waals surface area contributed by atoms with E-state index in [9.17, 15) is 0 Å². The third-order valence-corrected chi connectivity index (χ3v) is 3.59. The molecule has 1 aliphatic heterocycles. The average Bonchev–Trinajstić information content (AvgIpc) is 3.00. The van der Waals surface area contributed by atoms with E-state index in [1.54, 1.807) is 0 Å². The van der Waals surface area contributed by atoms with Crippen molar-refractivity contribution in [1.82, 2.24) is 10.2 Å². The molecule has 0 unspecified atom stereocenters. The summed E-state index contributed by atoms with van der Waals surface area (Å²) in [6.07, 6.45) is 2.76. The lowest BCUT2D eigenvalue weighted by Gasteiger charge is -2.22. The molecule has 1 fully saturated rings. The molecule has 0 atom stereocenters. The summed E-state index contributed by atoms with van der Waals surface area (Å²) in [5.74, 6) is 0. The van der Waals surface area contributed by atoms with Crippen LogP contribution in [-0.2, 0) is 6.54 Å². The van der Waals surface area contributed by atoms with Gasteiger partial charge in [-0.2, -0.15) is 0 Å². The first-order valence-corrected chi connectivity index (χ1v) is 7.89. The Bertz CT molecular complexity index is 362. The predicted molar refractivity (Wildman–Crippen MR) is 89.2 cm³/mol. The highest BCUT2D eigenvalue weighted by atomic mass is 16.3. The van der Waals surface area contributed by atoms with Gasteiger partial charge in [0.15, 0.2) is 0 Å².